The van der Waals surface area contributed by atoms with Gasteiger partial charge in [-0.05, 0) is 43.9 Å². The van der Waals surface area contributed by atoms with E-state index in [4.69, 9.17) is 5.73 Å². The van der Waals surface area contributed by atoms with Crippen LogP contribution in [-0.2, 0) is 9.59 Å². The molecule has 2 atom stereocenters. The molecule has 1 unspecified atom stereocenters. The Morgan fingerprint density at radius 1 is 1.37 bits per heavy atom. The number of nitrogens with two attached hydrogens (primary N) is 1. The Balaban J connectivity index is 2.30. The zero-order valence-corrected chi connectivity index (χ0v) is 15.7. The molecule has 0 aliphatic carbocycles. The molecule has 0 saturated carbocycles. The van der Waals surface area contributed by atoms with Crippen molar-refractivity contribution in [1.82, 2.24) is 10.2 Å². The van der Waals surface area contributed by atoms with Crippen molar-refractivity contribution < 1.29 is 18.8 Å². The maximum absolute atomic E-state index is 13.9. The van der Waals surface area contributed by atoms with Gasteiger partial charge in [0.05, 0.1) is 18.3 Å². The summed E-state index contributed by atoms with van der Waals surface area (Å²) in [7, 11) is 0. The highest BCUT2D eigenvalue weighted by atomic mass is 19.1. The van der Waals surface area contributed by atoms with Crippen molar-refractivity contribution in [3.05, 3.63) is 30.1 Å². The van der Waals surface area contributed by atoms with Gasteiger partial charge < -0.3 is 16.4 Å². The van der Waals surface area contributed by atoms with Crippen LogP contribution in [0.1, 0.15) is 33.1 Å². The van der Waals surface area contributed by atoms with Crippen LogP contribution < -0.4 is 16.4 Å². The van der Waals surface area contributed by atoms with Crippen LogP contribution >= 0.6 is 0 Å². The Morgan fingerprint density at radius 3 is 2.74 bits per heavy atom. The molecule has 4 N–H and O–H groups in total. The van der Waals surface area contributed by atoms with Crippen molar-refractivity contribution in [3.8, 4) is 0 Å². The summed E-state index contributed by atoms with van der Waals surface area (Å²) in [4.78, 5) is 39.1. The molecule has 0 radical (unpaired) electrons. The lowest BCUT2D eigenvalue weighted by Gasteiger charge is -2.30. The van der Waals surface area contributed by atoms with Gasteiger partial charge in [0.15, 0.2) is 5.78 Å². The van der Waals surface area contributed by atoms with E-state index < -0.39 is 29.8 Å². The third kappa shape index (κ3) is 5.58. The van der Waals surface area contributed by atoms with Gasteiger partial charge in [-0.2, -0.15) is 0 Å². The summed E-state index contributed by atoms with van der Waals surface area (Å²) in [6, 6.07) is 2.97. The standard InChI is InChI=1S/C19H27FN4O3/c1-12(2)10-14(21)18(26)24(16-8-5-9-22-11-17(16)25)19(27)23-15-7-4-3-6-13(15)20/h3-4,6-7,12,14,16,22H,5,8-11,21H2,1-2H3,(H,23,27)/t14-,16?/m0/s1. The molecule has 0 aromatic heterocycles. The Labute approximate surface area is 158 Å². The van der Waals surface area contributed by atoms with Crippen LogP contribution in [0.3, 0.4) is 0 Å². The van der Waals surface area contributed by atoms with Gasteiger partial charge in [0.25, 0.3) is 0 Å². The van der Waals surface area contributed by atoms with E-state index in [0.29, 0.717) is 25.8 Å². The summed E-state index contributed by atoms with van der Waals surface area (Å²) in [6.45, 7) is 4.52. The van der Waals surface area contributed by atoms with E-state index in [2.05, 4.69) is 10.6 Å². The number of nitrogens with zero attached hydrogens (tertiary/aromatic N) is 1. The number of halogens is 1. The number of imide groups is 1. The van der Waals surface area contributed by atoms with E-state index >= 15 is 0 Å². The zero-order valence-electron chi connectivity index (χ0n) is 15.7. The molecule has 8 heteroatoms. The number of hydrogen-bond acceptors (Lipinski definition) is 5. The molecule has 27 heavy (non-hydrogen) atoms. The number of ketones is 1. The summed E-state index contributed by atoms with van der Waals surface area (Å²) >= 11 is 0. The fourth-order valence-electron chi connectivity index (χ4n) is 3.10. The molecule has 7 nitrogen and oxygen atoms in total. The fraction of sp³-hybridized carbons (Fsp3) is 0.526. The number of rotatable bonds is 5. The topological polar surface area (TPSA) is 105 Å². The molecule has 0 spiro atoms. The van der Waals surface area contributed by atoms with Crippen molar-refractivity contribution >= 4 is 23.4 Å². The van der Waals surface area contributed by atoms with Gasteiger partial charge in [-0.1, -0.05) is 26.0 Å². The Bertz CT molecular complexity index is 695. The molecule has 0 bridgehead atoms. The monoisotopic (exact) mass is 378 g/mol. The number of benzene rings is 1. The second kappa shape index (κ2) is 9.57. The molecular formula is C19H27FN4O3. The number of anilines is 1. The van der Waals surface area contributed by atoms with Gasteiger partial charge in [0.1, 0.15) is 11.9 Å². The minimum Gasteiger partial charge on any atom is -0.320 e. The number of nitrogens with one attached hydrogen (secondary N) is 2. The minimum absolute atomic E-state index is 0.0584. The van der Waals surface area contributed by atoms with Crippen molar-refractivity contribution in [3.63, 3.8) is 0 Å². The van der Waals surface area contributed by atoms with Crippen LogP contribution in [0.25, 0.3) is 0 Å². The first-order valence-corrected chi connectivity index (χ1v) is 9.18. The fourth-order valence-corrected chi connectivity index (χ4v) is 3.10. The molecule has 3 amide bonds. The average Bonchev–Trinajstić information content (AvgIpc) is 2.81. The summed E-state index contributed by atoms with van der Waals surface area (Å²) in [5.74, 6) is -1.37. The molecule has 1 aliphatic heterocycles. The second-order valence-corrected chi connectivity index (χ2v) is 7.16. The lowest BCUT2D eigenvalue weighted by molar-refractivity contribution is -0.136. The van der Waals surface area contributed by atoms with Crippen LogP contribution in [0.4, 0.5) is 14.9 Å². The zero-order chi connectivity index (χ0) is 20.0. The molecular weight excluding hydrogens is 351 g/mol. The number of Topliss-reactive ketones (excluding diaryl/α,β-unsaturated/α-hetero) is 1. The quantitative estimate of drug-likeness (QED) is 0.726. The van der Waals surface area contributed by atoms with Crippen LogP contribution in [0.5, 0.6) is 0 Å². The third-order valence-corrected chi connectivity index (χ3v) is 4.43. The van der Waals surface area contributed by atoms with Crippen molar-refractivity contribution in [2.45, 2.75) is 45.2 Å². The summed E-state index contributed by atoms with van der Waals surface area (Å²) < 4.78 is 13.9. The van der Waals surface area contributed by atoms with Crippen LogP contribution in [0.2, 0.25) is 0 Å². The minimum atomic E-state index is -0.919. The lowest BCUT2D eigenvalue weighted by atomic mass is 10.0. The number of amides is 3. The van der Waals surface area contributed by atoms with E-state index in [0.717, 1.165) is 4.90 Å². The van der Waals surface area contributed by atoms with Crippen LogP contribution in [-0.4, -0.2) is 47.8 Å². The first-order chi connectivity index (χ1) is 12.8. The van der Waals surface area contributed by atoms with E-state index in [1.165, 1.54) is 18.2 Å². The smallest absolute Gasteiger partial charge is 0.320 e. The van der Waals surface area contributed by atoms with Gasteiger partial charge in [-0.15, -0.1) is 0 Å². The SMILES string of the molecule is CC(C)C[C@H](N)C(=O)N(C(=O)Nc1ccccc1F)C1CCCNCC1=O. The first-order valence-electron chi connectivity index (χ1n) is 9.18. The third-order valence-electron chi connectivity index (χ3n) is 4.43. The summed E-state index contributed by atoms with van der Waals surface area (Å²) in [5, 5.41) is 5.37. The normalized spacial score (nSPS) is 18.7. The Kier molecular flexibility index (Phi) is 7.44. The number of hydrogen-bond donors (Lipinski definition) is 3. The molecule has 148 valence electrons. The molecule has 1 heterocycles. The highest BCUT2D eigenvalue weighted by molar-refractivity contribution is 6.06. The summed E-state index contributed by atoms with van der Waals surface area (Å²) in [5.41, 5.74) is 5.94. The maximum atomic E-state index is 13.9. The molecule has 1 saturated heterocycles. The van der Waals surface area contributed by atoms with E-state index in [1.54, 1.807) is 6.07 Å². The van der Waals surface area contributed by atoms with E-state index in [9.17, 15) is 18.8 Å². The summed E-state index contributed by atoms with van der Waals surface area (Å²) in [6.07, 6.45) is 1.35. The molecule has 1 aromatic carbocycles. The first kappa shape index (κ1) is 21.0. The molecule has 1 fully saturated rings. The maximum Gasteiger partial charge on any atom is 0.329 e. The predicted octanol–water partition coefficient (Wildman–Crippen LogP) is 1.88. The Morgan fingerprint density at radius 2 is 2.07 bits per heavy atom. The Hall–Kier alpha value is -2.32. The molecule has 1 aromatic rings. The highest BCUT2D eigenvalue weighted by Crippen LogP contribution is 2.19. The van der Waals surface area contributed by atoms with Gasteiger partial charge in [0, 0.05) is 0 Å². The number of carbonyl (C=O) groups is 3. The highest BCUT2D eigenvalue weighted by Gasteiger charge is 2.37. The average molecular weight is 378 g/mol. The molecule has 2 rings (SSSR count). The lowest BCUT2D eigenvalue weighted by Crippen LogP contribution is -2.56. The van der Waals surface area contributed by atoms with Crippen molar-refractivity contribution in [2.75, 3.05) is 18.4 Å². The second-order valence-electron chi connectivity index (χ2n) is 7.16. The van der Waals surface area contributed by atoms with Gasteiger partial charge >= 0.3 is 6.03 Å². The van der Waals surface area contributed by atoms with E-state index in [-0.39, 0.29) is 23.9 Å². The molecule has 1 aliphatic rings. The van der Waals surface area contributed by atoms with Gasteiger partial charge in [-0.25, -0.2) is 9.18 Å². The van der Waals surface area contributed by atoms with Crippen LogP contribution in [0, 0.1) is 11.7 Å². The van der Waals surface area contributed by atoms with Crippen molar-refractivity contribution in [1.29, 1.82) is 0 Å². The predicted molar refractivity (Wildman–Crippen MR) is 101 cm³/mol. The van der Waals surface area contributed by atoms with E-state index in [1.807, 2.05) is 13.8 Å². The number of carbonyl (C=O) groups excluding carboxylic acids is 3. The van der Waals surface area contributed by atoms with Crippen molar-refractivity contribution in [2.24, 2.45) is 11.7 Å². The van der Waals surface area contributed by atoms with Gasteiger partial charge in [-0.3, -0.25) is 14.5 Å². The van der Waals surface area contributed by atoms with Crippen LogP contribution in [0.15, 0.2) is 24.3 Å². The number of para-hydroxylation sites is 1. The largest absolute Gasteiger partial charge is 0.329 e. The number of urea groups is 1. The van der Waals surface area contributed by atoms with Gasteiger partial charge in [0.2, 0.25) is 5.91 Å².